The summed E-state index contributed by atoms with van der Waals surface area (Å²) < 4.78 is 5.97. The molecule has 3 rings (SSSR count). The summed E-state index contributed by atoms with van der Waals surface area (Å²) >= 11 is 3.46. The van der Waals surface area contributed by atoms with Crippen LogP contribution in [0.2, 0.25) is 0 Å². The Morgan fingerprint density at radius 1 is 1.09 bits per heavy atom. The third kappa shape index (κ3) is 2.94. The van der Waals surface area contributed by atoms with Gasteiger partial charge in [-0.1, -0.05) is 46.3 Å². The number of hydrogen-bond donors (Lipinski definition) is 1. The molecule has 0 bridgehead atoms. The lowest BCUT2D eigenvalue weighted by Crippen LogP contribution is -2.05. The Hall–Kier alpha value is -2.33. The Morgan fingerprint density at radius 2 is 1.83 bits per heavy atom. The van der Waals surface area contributed by atoms with Crippen molar-refractivity contribution in [2.24, 2.45) is 0 Å². The summed E-state index contributed by atoms with van der Waals surface area (Å²) in [4.78, 5) is 12.2. The van der Waals surface area contributed by atoms with Crippen molar-refractivity contribution >= 4 is 32.7 Å². The molecule has 0 saturated heterocycles. The van der Waals surface area contributed by atoms with E-state index in [1.54, 1.807) is 19.1 Å². The van der Waals surface area contributed by atoms with Gasteiger partial charge in [0.25, 0.3) is 0 Å². The van der Waals surface area contributed by atoms with E-state index in [9.17, 15) is 9.90 Å². The fourth-order valence-electron chi connectivity index (χ4n) is 2.60. The van der Waals surface area contributed by atoms with Crippen LogP contribution in [-0.4, -0.2) is 17.7 Å². The Morgan fingerprint density at radius 3 is 2.52 bits per heavy atom. The quantitative estimate of drug-likeness (QED) is 0.648. The molecule has 0 atom stereocenters. The van der Waals surface area contributed by atoms with Crippen LogP contribution in [0, 0.1) is 0 Å². The number of benzene rings is 3. The van der Waals surface area contributed by atoms with Crippen molar-refractivity contribution in [3.05, 3.63) is 64.6 Å². The predicted molar refractivity (Wildman–Crippen MR) is 94.7 cm³/mol. The van der Waals surface area contributed by atoms with Crippen LogP contribution in [0.25, 0.3) is 21.9 Å². The molecule has 4 heteroatoms. The molecule has 116 valence electrons. The van der Waals surface area contributed by atoms with Crippen molar-refractivity contribution in [1.82, 2.24) is 0 Å². The summed E-state index contributed by atoms with van der Waals surface area (Å²) in [5.74, 6) is -0.572. The Bertz CT molecular complexity index is 873. The minimum absolute atomic E-state index is 0.0503. The first kappa shape index (κ1) is 15.6. The largest absolute Gasteiger partial charge is 0.506 e. The molecule has 0 aliphatic heterocycles. The number of phenols is 1. The number of hydrogen-bond acceptors (Lipinski definition) is 3. The molecule has 0 unspecified atom stereocenters. The first-order valence-corrected chi connectivity index (χ1v) is 8.09. The van der Waals surface area contributed by atoms with Crippen LogP contribution in [0.1, 0.15) is 17.3 Å². The van der Waals surface area contributed by atoms with Gasteiger partial charge in [0.1, 0.15) is 11.3 Å². The van der Waals surface area contributed by atoms with Gasteiger partial charge in [0.05, 0.1) is 6.61 Å². The zero-order valence-corrected chi connectivity index (χ0v) is 14.1. The molecule has 0 fully saturated rings. The van der Waals surface area contributed by atoms with Gasteiger partial charge in [-0.2, -0.15) is 0 Å². The maximum absolute atomic E-state index is 12.2. The normalized spacial score (nSPS) is 10.7. The van der Waals surface area contributed by atoms with Crippen LogP contribution in [0.15, 0.2) is 59.1 Å². The molecule has 3 aromatic carbocycles. The van der Waals surface area contributed by atoms with Gasteiger partial charge in [-0.05, 0) is 47.7 Å². The lowest BCUT2D eigenvalue weighted by atomic mass is 9.94. The first-order chi connectivity index (χ1) is 11.1. The highest BCUT2D eigenvalue weighted by Crippen LogP contribution is 2.38. The Balaban J connectivity index is 2.34. The second-order valence-corrected chi connectivity index (χ2v) is 6.01. The highest BCUT2D eigenvalue weighted by molar-refractivity contribution is 9.10. The third-order valence-electron chi connectivity index (χ3n) is 3.65. The summed E-state index contributed by atoms with van der Waals surface area (Å²) in [6, 6.07) is 17.0. The standard InChI is InChI=1S/C19H15BrO3/c1-2-23-19(22)17-11-15(12-6-4-3-5-7-12)16-10-13(20)8-9-14(16)18(17)21/h3-11,21H,2H2,1H3. The summed E-state index contributed by atoms with van der Waals surface area (Å²) in [5, 5.41) is 12.0. The second-order valence-electron chi connectivity index (χ2n) is 5.10. The summed E-state index contributed by atoms with van der Waals surface area (Å²) in [5.41, 5.74) is 2.03. The number of phenolic OH excluding ortho intramolecular Hbond substituents is 1. The van der Waals surface area contributed by atoms with E-state index < -0.39 is 5.97 Å². The highest BCUT2D eigenvalue weighted by Gasteiger charge is 2.19. The number of carbonyl (C=O) groups is 1. The summed E-state index contributed by atoms with van der Waals surface area (Å²) in [6.07, 6.45) is 0. The summed E-state index contributed by atoms with van der Waals surface area (Å²) in [6.45, 7) is 2.00. The molecule has 0 radical (unpaired) electrons. The van der Waals surface area contributed by atoms with Gasteiger partial charge in [0.15, 0.2) is 0 Å². The van der Waals surface area contributed by atoms with Crippen LogP contribution in [0.4, 0.5) is 0 Å². The van der Waals surface area contributed by atoms with E-state index in [4.69, 9.17) is 4.74 Å². The molecular formula is C19H15BrO3. The van der Waals surface area contributed by atoms with Crippen LogP contribution in [0.3, 0.4) is 0 Å². The van der Waals surface area contributed by atoms with Gasteiger partial charge >= 0.3 is 5.97 Å². The molecule has 23 heavy (non-hydrogen) atoms. The van der Waals surface area contributed by atoms with Crippen molar-refractivity contribution in [3.63, 3.8) is 0 Å². The maximum atomic E-state index is 12.2. The average Bonchev–Trinajstić information content (AvgIpc) is 2.56. The molecular weight excluding hydrogens is 356 g/mol. The van der Waals surface area contributed by atoms with E-state index in [2.05, 4.69) is 15.9 Å². The van der Waals surface area contributed by atoms with Gasteiger partial charge in [-0.15, -0.1) is 0 Å². The lowest BCUT2D eigenvalue weighted by Gasteiger charge is -2.13. The average molecular weight is 371 g/mol. The number of carbonyl (C=O) groups excluding carboxylic acids is 1. The number of ether oxygens (including phenoxy) is 1. The van der Waals surface area contributed by atoms with Crippen LogP contribution < -0.4 is 0 Å². The molecule has 0 aromatic heterocycles. The molecule has 0 amide bonds. The number of esters is 1. The minimum Gasteiger partial charge on any atom is -0.506 e. The lowest BCUT2D eigenvalue weighted by molar-refractivity contribution is 0.0523. The van der Waals surface area contributed by atoms with Crippen molar-refractivity contribution in [2.45, 2.75) is 6.92 Å². The van der Waals surface area contributed by atoms with Gasteiger partial charge in [0, 0.05) is 9.86 Å². The Labute approximate surface area is 142 Å². The summed E-state index contributed by atoms with van der Waals surface area (Å²) in [7, 11) is 0. The van der Waals surface area contributed by atoms with E-state index in [0.29, 0.717) is 5.39 Å². The second kappa shape index (κ2) is 6.42. The van der Waals surface area contributed by atoms with E-state index in [-0.39, 0.29) is 17.9 Å². The molecule has 0 heterocycles. The molecule has 3 nitrogen and oxygen atoms in total. The smallest absolute Gasteiger partial charge is 0.341 e. The van der Waals surface area contributed by atoms with E-state index >= 15 is 0 Å². The fraction of sp³-hybridized carbons (Fsp3) is 0.105. The van der Waals surface area contributed by atoms with Crippen molar-refractivity contribution in [1.29, 1.82) is 0 Å². The highest BCUT2D eigenvalue weighted by atomic mass is 79.9. The number of halogens is 1. The van der Waals surface area contributed by atoms with E-state index in [1.807, 2.05) is 42.5 Å². The van der Waals surface area contributed by atoms with Gasteiger partial charge < -0.3 is 9.84 Å². The van der Waals surface area contributed by atoms with E-state index in [1.165, 1.54) is 0 Å². The molecule has 0 aliphatic carbocycles. The molecule has 3 aromatic rings. The zero-order valence-electron chi connectivity index (χ0n) is 12.5. The van der Waals surface area contributed by atoms with Crippen molar-refractivity contribution < 1.29 is 14.6 Å². The van der Waals surface area contributed by atoms with Gasteiger partial charge in [0.2, 0.25) is 0 Å². The fourth-order valence-corrected chi connectivity index (χ4v) is 2.96. The van der Waals surface area contributed by atoms with Crippen molar-refractivity contribution in [3.8, 4) is 16.9 Å². The van der Waals surface area contributed by atoms with E-state index in [0.717, 1.165) is 21.0 Å². The predicted octanol–water partition coefficient (Wildman–Crippen LogP) is 5.15. The molecule has 0 aliphatic rings. The minimum atomic E-state index is -0.521. The topological polar surface area (TPSA) is 46.5 Å². The number of aromatic hydroxyl groups is 1. The van der Waals surface area contributed by atoms with Crippen molar-refractivity contribution in [2.75, 3.05) is 6.61 Å². The zero-order chi connectivity index (χ0) is 16.4. The maximum Gasteiger partial charge on any atom is 0.341 e. The number of fused-ring (bicyclic) bond motifs is 1. The third-order valence-corrected chi connectivity index (χ3v) is 4.14. The molecule has 0 saturated carbocycles. The monoisotopic (exact) mass is 370 g/mol. The van der Waals surface area contributed by atoms with Crippen LogP contribution in [0.5, 0.6) is 5.75 Å². The van der Waals surface area contributed by atoms with Crippen LogP contribution >= 0.6 is 15.9 Å². The number of rotatable bonds is 3. The van der Waals surface area contributed by atoms with Gasteiger partial charge in [-0.3, -0.25) is 0 Å². The van der Waals surface area contributed by atoms with Crippen LogP contribution in [-0.2, 0) is 4.74 Å². The SMILES string of the molecule is CCOC(=O)c1cc(-c2ccccc2)c2cc(Br)ccc2c1O. The molecule has 0 spiro atoms. The Kier molecular flexibility index (Phi) is 4.35. The van der Waals surface area contributed by atoms with Gasteiger partial charge in [-0.25, -0.2) is 4.79 Å². The molecule has 1 N–H and O–H groups in total. The first-order valence-electron chi connectivity index (χ1n) is 7.29.